The van der Waals surface area contributed by atoms with E-state index in [0.29, 0.717) is 11.7 Å². The van der Waals surface area contributed by atoms with Gasteiger partial charge in [0.15, 0.2) is 5.65 Å². The van der Waals surface area contributed by atoms with E-state index in [0.717, 1.165) is 67.5 Å². The fourth-order valence-electron chi connectivity index (χ4n) is 4.29. The average molecular weight is 362 g/mol. The van der Waals surface area contributed by atoms with Crippen LogP contribution in [0.15, 0.2) is 35.4 Å². The first kappa shape index (κ1) is 16.4. The molecule has 2 aliphatic carbocycles. The molecule has 1 saturated carbocycles. The maximum absolute atomic E-state index is 12.4. The molecule has 0 aromatic carbocycles. The van der Waals surface area contributed by atoms with Crippen LogP contribution in [0.4, 0.5) is 5.82 Å². The second-order valence-corrected chi connectivity index (χ2v) is 7.50. The molecule has 27 heavy (non-hydrogen) atoms. The lowest BCUT2D eigenvalue weighted by atomic mass is 9.91. The van der Waals surface area contributed by atoms with Gasteiger partial charge < -0.3 is 5.32 Å². The highest BCUT2D eigenvalue weighted by atomic mass is 16.1. The van der Waals surface area contributed by atoms with E-state index in [9.17, 15) is 4.79 Å². The van der Waals surface area contributed by atoms with Crippen molar-refractivity contribution in [3.05, 3.63) is 52.2 Å². The molecule has 2 aliphatic rings. The number of aryl methyl sites for hydroxylation is 2. The molecule has 5 rings (SSSR count). The SMILES string of the molecule is O=c1cc2c(nn1C1CCC(Nc3ccc4nccnc4n3)CC1)CCC2. The number of aromatic nitrogens is 5. The van der Waals surface area contributed by atoms with E-state index in [4.69, 9.17) is 0 Å². The normalized spacial score (nSPS) is 21.9. The Morgan fingerprint density at radius 2 is 1.89 bits per heavy atom. The second kappa shape index (κ2) is 6.72. The summed E-state index contributed by atoms with van der Waals surface area (Å²) in [7, 11) is 0. The van der Waals surface area contributed by atoms with E-state index >= 15 is 0 Å². The number of fused-ring (bicyclic) bond motifs is 2. The van der Waals surface area contributed by atoms with Crippen molar-refractivity contribution in [2.75, 3.05) is 5.32 Å². The Morgan fingerprint density at radius 1 is 1.04 bits per heavy atom. The topological polar surface area (TPSA) is 85.6 Å². The first-order valence-electron chi connectivity index (χ1n) is 9.72. The van der Waals surface area contributed by atoms with Gasteiger partial charge in [0.25, 0.3) is 5.56 Å². The van der Waals surface area contributed by atoms with Gasteiger partial charge in [0.1, 0.15) is 11.3 Å². The molecule has 1 N–H and O–H groups in total. The lowest BCUT2D eigenvalue weighted by Gasteiger charge is -2.30. The highest BCUT2D eigenvalue weighted by Gasteiger charge is 2.25. The molecule has 138 valence electrons. The molecule has 3 aromatic heterocycles. The van der Waals surface area contributed by atoms with E-state index in [1.54, 1.807) is 23.1 Å². The minimum Gasteiger partial charge on any atom is -0.367 e. The van der Waals surface area contributed by atoms with Gasteiger partial charge in [0.05, 0.1) is 11.7 Å². The Kier molecular flexibility index (Phi) is 4.07. The predicted octanol–water partition coefficient (Wildman–Crippen LogP) is 2.67. The number of hydrogen-bond donors (Lipinski definition) is 1. The van der Waals surface area contributed by atoms with Crippen molar-refractivity contribution in [3.63, 3.8) is 0 Å². The summed E-state index contributed by atoms with van der Waals surface area (Å²) >= 11 is 0. The molecular weight excluding hydrogens is 340 g/mol. The number of hydrogen-bond acceptors (Lipinski definition) is 6. The Hall–Kier alpha value is -2.83. The van der Waals surface area contributed by atoms with Crippen LogP contribution in [0.2, 0.25) is 0 Å². The zero-order valence-corrected chi connectivity index (χ0v) is 15.1. The molecule has 0 aliphatic heterocycles. The fourth-order valence-corrected chi connectivity index (χ4v) is 4.29. The van der Waals surface area contributed by atoms with Crippen molar-refractivity contribution in [1.82, 2.24) is 24.7 Å². The van der Waals surface area contributed by atoms with Crippen molar-refractivity contribution in [2.45, 2.75) is 57.0 Å². The largest absolute Gasteiger partial charge is 0.367 e. The summed E-state index contributed by atoms with van der Waals surface area (Å²) in [6, 6.07) is 6.26. The summed E-state index contributed by atoms with van der Waals surface area (Å²) in [4.78, 5) is 25.5. The standard InChI is InChI=1S/C20H22N6O/c27-19-12-13-2-1-3-16(13)25-26(19)15-6-4-14(5-7-15)23-18-9-8-17-20(24-18)22-11-10-21-17/h8-12,14-15H,1-7H2,(H,22,23,24). The third-order valence-electron chi connectivity index (χ3n) is 5.71. The van der Waals surface area contributed by atoms with Crippen LogP contribution in [0.5, 0.6) is 0 Å². The summed E-state index contributed by atoms with van der Waals surface area (Å²) in [5.41, 5.74) is 3.79. The highest BCUT2D eigenvalue weighted by molar-refractivity contribution is 5.71. The van der Waals surface area contributed by atoms with Crippen molar-refractivity contribution >= 4 is 17.0 Å². The lowest BCUT2D eigenvalue weighted by molar-refractivity contribution is 0.302. The molecule has 3 aromatic rings. The van der Waals surface area contributed by atoms with Gasteiger partial charge in [-0.2, -0.15) is 5.10 Å². The molecule has 0 bridgehead atoms. The number of anilines is 1. The van der Waals surface area contributed by atoms with Crippen LogP contribution >= 0.6 is 0 Å². The second-order valence-electron chi connectivity index (χ2n) is 7.50. The molecule has 0 unspecified atom stereocenters. The molecule has 7 nitrogen and oxygen atoms in total. The van der Waals surface area contributed by atoms with Crippen molar-refractivity contribution < 1.29 is 0 Å². The quantitative estimate of drug-likeness (QED) is 0.771. The van der Waals surface area contributed by atoms with Gasteiger partial charge in [-0.15, -0.1) is 0 Å². The third-order valence-corrected chi connectivity index (χ3v) is 5.71. The number of nitrogens with one attached hydrogen (secondary N) is 1. The van der Waals surface area contributed by atoms with Gasteiger partial charge in [-0.1, -0.05) is 0 Å². The average Bonchev–Trinajstić information content (AvgIpc) is 3.15. The van der Waals surface area contributed by atoms with Gasteiger partial charge in [-0.05, 0) is 62.6 Å². The summed E-state index contributed by atoms with van der Waals surface area (Å²) in [6.45, 7) is 0. The molecule has 0 atom stereocenters. The zero-order valence-electron chi connectivity index (χ0n) is 15.1. The summed E-state index contributed by atoms with van der Waals surface area (Å²) in [5, 5.41) is 8.19. The lowest BCUT2D eigenvalue weighted by Crippen LogP contribution is -2.34. The van der Waals surface area contributed by atoms with E-state index < -0.39 is 0 Å². The van der Waals surface area contributed by atoms with Crippen LogP contribution < -0.4 is 10.9 Å². The molecular formula is C20H22N6O. The van der Waals surface area contributed by atoms with Crippen LogP contribution in [0.25, 0.3) is 11.2 Å². The zero-order chi connectivity index (χ0) is 18.2. The van der Waals surface area contributed by atoms with Crippen LogP contribution in [0.3, 0.4) is 0 Å². The summed E-state index contributed by atoms with van der Waals surface area (Å²) in [6.07, 6.45) is 10.4. The molecule has 3 heterocycles. The van der Waals surface area contributed by atoms with E-state index in [1.165, 1.54) is 0 Å². The minimum atomic E-state index is 0.0572. The highest BCUT2D eigenvalue weighted by Crippen LogP contribution is 2.29. The van der Waals surface area contributed by atoms with Gasteiger partial charge in [0, 0.05) is 24.5 Å². The van der Waals surface area contributed by atoms with Crippen molar-refractivity contribution in [1.29, 1.82) is 0 Å². The Bertz CT molecular complexity index is 1040. The van der Waals surface area contributed by atoms with Crippen LogP contribution in [-0.2, 0) is 12.8 Å². The number of rotatable bonds is 3. The molecule has 7 heteroatoms. The number of nitrogens with zero attached hydrogens (tertiary/aromatic N) is 5. The van der Waals surface area contributed by atoms with Crippen molar-refractivity contribution in [3.8, 4) is 0 Å². The smallest absolute Gasteiger partial charge is 0.267 e. The van der Waals surface area contributed by atoms with Gasteiger partial charge in [-0.3, -0.25) is 9.78 Å². The molecule has 0 radical (unpaired) electrons. The van der Waals surface area contributed by atoms with Crippen LogP contribution in [0.1, 0.15) is 49.4 Å². The van der Waals surface area contributed by atoms with E-state index in [2.05, 4.69) is 25.4 Å². The maximum Gasteiger partial charge on any atom is 0.267 e. The van der Waals surface area contributed by atoms with Gasteiger partial charge in [0.2, 0.25) is 0 Å². The van der Waals surface area contributed by atoms with Gasteiger partial charge in [-0.25, -0.2) is 14.6 Å². The Labute approximate surface area is 156 Å². The Balaban J connectivity index is 1.27. The van der Waals surface area contributed by atoms with Crippen molar-refractivity contribution in [2.24, 2.45) is 0 Å². The monoisotopic (exact) mass is 362 g/mol. The first-order valence-corrected chi connectivity index (χ1v) is 9.72. The minimum absolute atomic E-state index is 0.0572. The third kappa shape index (κ3) is 3.18. The maximum atomic E-state index is 12.4. The van der Waals surface area contributed by atoms with Crippen LogP contribution in [0, 0.1) is 0 Å². The molecule has 0 saturated heterocycles. The molecule has 0 amide bonds. The fraction of sp³-hybridized carbons (Fsp3) is 0.450. The molecule has 1 fully saturated rings. The first-order chi connectivity index (χ1) is 13.3. The predicted molar refractivity (Wildman–Crippen MR) is 103 cm³/mol. The van der Waals surface area contributed by atoms with E-state index in [-0.39, 0.29) is 11.6 Å². The van der Waals surface area contributed by atoms with Gasteiger partial charge >= 0.3 is 0 Å². The summed E-state index contributed by atoms with van der Waals surface area (Å²) < 4.78 is 1.74. The summed E-state index contributed by atoms with van der Waals surface area (Å²) in [5.74, 6) is 0.833. The molecule has 0 spiro atoms. The van der Waals surface area contributed by atoms with Crippen LogP contribution in [-0.4, -0.2) is 30.8 Å². The van der Waals surface area contributed by atoms with E-state index in [1.807, 2.05) is 12.1 Å². The number of pyridine rings is 1. The Morgan fingerprint density at radius 3 is 2.78 bits per heavy atom.